The Bertz CT molecular complexity index is 492. The van der Waals surface area contributed by atoms with Gasteiger partial charge in [-0.1, -0.05) is 30.3 Å². The standard InChI is InChI=1S/C16H22N2O3/c1-2-18(13-19)16(15(20)21)9-6-10-17(12-16)11-14-7-4-3-5-8-14/h3-5,7-8,13H,2,6,9-12H2,1H3,(H,20,21). The van der Waals surface area contributed by atoms with Crippen molar-refractivity contribution < 1.29 is 14.7 Å². The monoisotopic (exact) mass is 290 g/mol. The van der Waals surface area contributed by atoms with E-state index in [4.69, 9.17) is 0 Å². The number of nitrogens with zero attached hydrogens (tertiary/aromatic N) is 2. The number of hydrogen-bond acceptors (Lipinski definition) is 3. The first-order valence-electron chi connectivity index (χ1n) is 7.34. The maximum atomic E-state index is 11.8. The Morgan fingerprint density at radius 3 is 2.71 bits per heavy atom. The van der Waals surface area contributed by atoms with Crippen LogP contribution in [0.4, 0.5) is 0 Å². The molecule has 21 heavy (non-hydrogen) atoms. The second-order valence-corrected chi connectivity index (χ2v) is 5.53. The van der Waals surface area contributed by atoms with E-state index in [0.29, 0.717) is 32.5 Å². The number of carboxylic acids is 1. The summed E-state index contributed by atoms with van der Waals surface area (Å²) >= 11 is 0. The van der Waals surface area contributed by atoms with Crippen molar-refractivity contribution in [1.82, 2.24) is 9.80 Å². The lowest BCUT2D eigenvalue weighted by atomic mass is 9.87. The molecule has 1 atom stereocenters. The van der Waals surface area contributed by atoms with Gasteiger partial charge in [0.2, 0.25) is 6.41 Å². The zero-order valence-corrected chi connectivity index (χ0v) is 12.4. The summed E-state index contributed by atoms with van der Waals surface area (Å²) in [7, 11) is 0. The normalized spacial score (nSPS) is 22.7. The predicted octanol–water partition coefficient (Wildman–Crippen LogP) is 1.58. The molecule has 5 heteroatoms. The Morgan fingerprint density at radius 2 is 2.14 bits per heavy atom. The number of hydrogen-bond donors (Lipinski definition) is 1. The summed E-state index contributed by atoms with van der Waals surface area (Å²) < 4.78 is 0. The molecule has 1 aliphatic rings. The van der Waals surface area contributed by atoms with Crippen molar-refractivity contribution in [3.8, 4) is 0 Å². The van der Waals surface area contributed by atoms with Gasteiger partial charge in [-0.25, -0.2) is 4.79 Å². The molecule has 1 heterocycles. The fourth-order valence-electron chi connectivity index (χ4n) is 3.11. The van der Waals surface area contributed by atoms with Gasteiger partial charge in [0.15, 0.2) is 5.54 Å². The molecule has 0 radical (unpaired) electrons. The Labute approximate surface area is 125 Å². The molecule has 114 valence electrons. The zero-order chi connectivity index (χ0) is 15.3. The number of piperidine rings is 1. The average molecular weight is 290 g/mol. The summed E-state index contributed by atoms with van der Waals surface area (Å²) in [6, 6.07) is 10.00. The van der Waals surface area contributed by atoms with E-state index in [1.165, 1.54) is 4.90 Å². The van der Waals surface area contributed by atoms with Gasteiger partial charge in [0.1, 0.15) is 0 Å². The summed E-state index contributed by atoms with van der Waals surface area (Å²) in [5, 5.41) is 9.68. The van der Waals surface area contributed by atoms with Crippen LogP contribution in [0.5, 0.6) is 0 Å². The van der Waals surface area contributed by atoms with Gasteiger partial charge in [0, 0.05) is 19.6 Å². The lowest BCUT2D eigenvalue weighted by molar-refractivity contribution is -0.159. The minimum Gasteiger partial charge on any atom is -0.479 e. The Balaban J connectivity index is 2.17. The van der Waals surface area contributed by atoms with Gasteiger partial charge < -0.3 is 10.0 Å². The number of rotatable bonds is 6. The lowest BCUT2D eigenvalue weighted by Crippen LogP contribution is -2.62. The van der Waals surface area contributed by atoms with Gasteiger partial charge >= 0.3 is 5.97 Å². The molecule has 1 amide bonds. The quantitative estimate of drug-likeness (QED) is 0.808. The van der Waals surface area contributed by atoms with Gasteiger partial charge in [-0.05, 0) is 31.9 Å². The molecule has 0 spiro atoms. The number of carbonyl (C=O) groups excluding carboxylic acids is 1. The Morgan fingerprint density at radius 1 is 1.43 bits per heavy atom. The molecule has 5 nitrogen and oxygen atoms in total. The van der Waals surface area contributed by atoms with E-state index in [1.54, 1.807) is 0 Å². The first kappa shape index (κ1) is 15.5. The van der Waals surface area contributed by atoms with Crippen molar-refractivity contribution in [3.05, 3.63) is 35.9 Å². The van der Waals surface area contributed by atoms with Crippen molar-refractivity contribution in [3.63, 3.8) is 0 Å². The second-order valence-electron chi connectivity index (χ2n) is 5.53. The number of likely N-dealkylation sites (tertiary alicyclic amines) is 1. The van der Waals surface area contributed by atoms with E-state index in [9.17, 15) is 14.7 Å². The predicted molar refractivity (Wildman–Crippen MR) is 79.8 cm³/mol. The molecule has 0 aliphatic carbocycles. The molecule has 1 fully saturated rings. The lowest BCUT2D eigenvalue weighted by Gasteiger charge is -2.45. The molecule has 1 aromatic rings. The SMILES string of the molecule is CCN(C=O)C1(C(=O)O)CCCN(Cc2ccccc2)C1. The average Bonchev–Trinajstić information content (AvgIpc) is 2.49. The molecule has 1 N–H and O–H groups in total. The second kappa shape index (κ2) is 6.72. The zero-order valence-electron chi connectivity index (χ0n) is 12.4. The van der Waals surface area contributed by atoms with Crippen LogP contribution in [0.3, 0.4) is 0 Å². The third-order valence-corrected chi connectivity index (χ3v) is 4.21. The molecule has 1 unspecified atom stereocenters. The van der Waals surface area contributed by atoms with Crippen molar-refractivity contribution in [2.45, 2.75) is 31.8 Å². The maximum Gasteiger partial charge on any atom is 0.330 e. The minimum absolute atomic E-state index is 0.379. The molecule has 2 rings (SSSR count). The van der Waals surface area contributed by atoms with Crippen molar-refractivity contribution in [2.75, 3.05) is 19.6 Å². The Hall–Kier alpha value is -1.88. The van der Waals surface area contributed by atoms with E-state index < -0.39 is 11.5 Å². The maximum absolute atomic E-state index is 11.8. The molecule has 0 bridgehead atoms. The Kier molecular flexibility index (Phi) is 4.96. The van der Waals surface area contributed by atoms with Gasteiger partial charge in [-0.2, -0.15) is 0 Å². The summed E-state index contributed by atoms with van der Waals surface area (Å²) in [6.07, 6.45) is 1.96. The summed E-state index contributed by atoms with van der Waals surface area (Å²) in [5.74, 6) is -0.908. The largest absolute Gasteiger partial charge is 0.479 e. The first-order chi connectivity index (χ1) is 10.1. The summed E-state index contributed by atoms with van der Waals surface area (Å²) in [6.45, 7) is 4.18. The van der Waals surface area contributed by atoms with Crippen LogP contribution in [0.15, 0.2) is 30.3 Å². The fraction of sp³-hybridized carbons (Fsp3) is 0.500. The van der Waals surface area contributed by atoms with E-state index in [-0.39, 0.29) is 0 Å². The van der Waals surface area contributed by atoms with Crippen LogP contribution in [0, 0.1) is 0 Å². The van der Waals surface area contributed by atoms with Crippen LogP contribution in [0.1, 0.15) is 25.3 Å². The van der Waals surface area contributed by atoms with Gasteiger partial charge in [-0.15, -0.1) is 0 Å². The number of aliphatic carboxylic acids is 1. The molecule has 0 aromatic heterocycles. The highest BCUT2D eigenvalue weighted by Gasteiger charge is 2.46. The van der Waals surface area contributed by atoms with E-state index in [0.717, 1.165) is 18.5 Å². The van der Waals surface area contributed by atoms with E-state index >= 15 is 0 Å². The highest BCUT2D eigenvalue weighted by molar-refractivity contribution is 5.82. The van der Waals surface area contributed by atoms with E-state index in [1.807, 2.05) is 37.3 Å². The molecule has 1 saturated heterocycles. The number of carboxylic acid groups (broad SMARTS) is 1. The number of carbonyl (C=O) groups is 2. The van der Waals surface area contributed by atoms with Crippen LogP contribution in [-0.4, -0.2) is 52.5 Å². The fourth-order valence-corrected chi connectivity index (χ4v) is 3.11. The molecule has 1 aromatic carbocycles. The minimum atomic E-state index is -1.09. The van der Waals surface area contributed by atoms with Crippen LogP contribution in [0.25, 0.3) is 0 Å². The van der Waals surface area contributed by atoms with Gasteiger partial charge in [0.05, 0.1) is 0 Å². The summed E-state index contributed by atoms with van der Waals surface area (Å²) in [4.78, 5) is 26.6. The molecule has 1 aliphatic heterocycles. The van der Waals surface area contributed by atoms with Crippen molar-refractivity contribution in [1.29, 1.82) is 0 Å². The topological polar surface area (TPSA) is 60.9 Å². The number of likely N-dealkylation sites (N-methyl/N-ethyl adjacent to an activating group) is 1. The summed E-state index contributed by atoms with van der Waals surface area (Å²) in [5.41, 5.74) is 0.0663. The van der Waals surface area contributed by atoms with Gasteiger partial charge in [0.25, 0.3) is 0 Å². The highest BCUT2D eigenvalue weighted by Crippen LogP contribution is 2.28. The number of amides is 1. The molecular weight excluding hydrogens is 268 g/mol. The van der Waals surface area contributed by atoms with Crippen LogP contribution < -0.4 is 0 Å². The van der Waals surface area contributed by atoms with Crippen LogP contribution >= 0.6 is 0 Å². The first-order valence-corrected chi connectivity index (χ1v) is 7.34. The van der Waals surface area contributed by atoms with Crippen LogP contribution in [-0.2, 0) is 16.1 Å². The van der Waals surface area contributed by atoms with Crippen molar-refractivity contribution >= 4 is 12.4 Å². The van der Waals surface area contributed by atoms with Crippen molar-refractivity contribution in [2.24, 2.45) is 0 Å². The van der Waals surface area contributed by atoms with Crippen LogP contribution in [0.2, 0.25) is 0 Å². The number of benzene rings is 1. The highest BCUT2D eigenvalue weighted by atomic mass is 16.4. The third kappa shape index (κ3) is 3.24. The molecular formula is C16H22N2O3. The van der Waals surface area contributed by atoms with E-state index in [2.05, 4.69) is 4.90 Å². The van der Waals surface area contributed by atoms with Gasteiger partial charge in [-0.3, -0.25) is 9.69 Å². The molecule has 0 saturated carbocycles. The third-order valence-electron chi connectivity index (χ3n) is 4.21. The smallest absolute Gasteiger partial charge is 0.330 e.